The molecular formula is C10H11Cl2N3S. The van der Waals surface area contributed by atoms with Crippen LogP contribution in [0.3, 0.4) is 0 Å². The maximum absolute atomic E-state index is 5.95. The van der Waals surface area contributed by atoms with Crippen LogP contribution in [-0.4, -0.2) is 17.9 Å². The van der Waals surface area contributed by atoms with E-state index in [1.807, 2.05) is 6.92 Å². The van der Waals surface area contributed by atoms with Gasteiger partial charge in [-0.1, -0.05) is 29.3 Å². The van der Waals surface area contributed by atoms with E-state index in [2.05, 4.69) is 15.8 Å². The lowest BCUT2D eigenvalue weighted by Crippen LogP contribution is -2.31. The molecule has 1 rings (SSSR count). The zero-order chi connectivity index (χ0) is 12.0. The summed E-state index contributed by atoms with van der Waals surface area (Å²) >= 11 is 16.7. The summed E-state index contributed by atoms with van der Waals surface area (Å²) < 4.78 is 0. The van der Waals surface area contributed by atoms with E-state index in [-0.39, 0.29) is 0 Å². The minimum Gasteiger partial charge on any atom is -0.362 e. The second kappa shape index (κ2) is 6.68. The molecule has 0 atom stereocenters. The van der Waals surface area contributed by atoms with Crippen molar-refractivity contribution in [2.24, 2.45) is 5.10 Å². The van der Waals surface area contributed by atoms with Crippen LogP contribution in [0, 0.1) is 0 Å². The third-order valence-corrected chi connectivity index (χ3v) is 2.47. The van der Waals surface area contributed by atoms with E-state index in [4.69, 9.17) is 35.4 Å². The normalized spacial score (nSPS) is 10.4. The smallest absolute Gasteiger partial charge is 0.186 e. The molecule has 2 N–H and O–H groups in total. The zero-order valence-corrected chi connectivity index (χ0v) is 11.0. The highest BCUT2D eigenvalue weighted by Gasteiger charge is 1.97. The number of hydrogen-bond acceptors (Lipinski definition) is 2. The molecule has 0 aliphatic rings. The summed E-state index contributed by atoms with van der Waals surface area (Å²) in [5.41, 5.74) is 3.45. The number of nitrogens with zero attached hydrogens (tertiary/aromatic N) is 1. The van der Waals surface area contributed by atoms with E-state index in [9.17, 15) is 0 Å². The predicted molar refractivity (Wildman–Crippen MR) is 73.5 cm³/mol. The van der Waals surface area contributed by atoms with Crippen molar-refractivity contribution in [1.82, 2.24) is 10.7 Å². The Morgan fingerprint density at radius 2 is 2.25 bits per heavy atom. The summed E-state index contributed by atoms with van der Waals surface area (Å²) in [6.45, 7) is 2.71. The Balaban J connectivity index is 2.59. The summed E-state index contributed by atoms with van der Waals surface area (Å²) in [7, 11) is 0. The van der Waals surface area contributed by atoms with Gasteiger partial charge >= 0.3 is 0 Å². The summed E-state index contributed by atoms with van der Waals surface area (Å²) in [6.07, 6.45) is 1.59. The molecule has 1 aromatic rings. The van der Waals surface area contributed by atoms with Gasteiger partial charge in [-0.3, -0.25) is 5.43 Å². The van der Waals surface area contributed by atoms with E-state index in [1.165, 1.54) is 0 Å². The van der Waals surface area contributed by atoms with Crippen LogP contribution in [0.25, 0.3) is 0 Å². The highest BCUT2D eigenvalue weighted by atomic mass is 35.5. The second-order valence-electron chi connectivity index (χ2n) is 2.90. The third-order valence-electron chi connectivity index (χ3n) is 1.67. The van der Waals surface area contributed by atoms with Crippen LogP contribution >= 0.6 is 35.4 Å². The van der Waals surface area contributed by atoms with Gasteiger partial charge in [0, 0.05) is 17.1 Å². The minimum atomic E-state index is 0.476. The molecule has 16 heavy (non-hydrogen) atoms. The van der Waals surface area contributed by atoms with Crippen LogP contribution in [0.2, 0.25) is 10.0 Å². The molecule has 0 aliphatic heterocycles. The van der Waals surface area contributed by atoms with Gasteiger partial charge in [-0.25, -0.2) is 0 Å². The summed E-state index contributed by atoms with van der Waals surface area (Å²) in [6, 6.07) is 5.19. The molecule has 0 fully saturated rings. The van der Waals surface area contributed by atoms with E-state index in [1.54, 1.807) is 24.4 Å². The van der Waals surface area contributed by atoms with Gasteiger partial charge < -0.3 is 5.32 Å². The fourth-order valence-corrected chi connectivity index (χ4v) is 1.62. The van der Waals surface area contributed by atoms with Gasteiger partial charge in [-0.2, -0.15) is 5.10 Å². The van der Waals surface area contributed by atoms with E-state index < -0.39 is 0 Å². The zero-order valence-electron chi connectivity index (χ0n) is 8.63. The molecule has 0 aliphatic carbocycles. The van der Waals surface area contributed by atoms with Crippen molar-refractivity contribution in [2.45, 2.75) is 6.92 Å². The van der Waals surface area contributed by atoms with Crippen molar-refractivity contribution in [3.63, 3.8) is 0 Å². The number of nitrogens with one attached hydrogen (secondary N) is 2. The average Bonchev–Trinajstić information content (AvgIpc) is 2.22. The molecule has 0 saturated carbocycles. The SMILES string of the molecule is CCNC(=S)NN=Cc1ccc(Cl)cc1Cl. The Bertz CT molecular complexity index is 407. The van der Waals surface area contributed by atoms with Crippen LogP contribution in [0.5, 0.6) is 0 Å². The first kappa shape index (κ1) is 13.2. The minimum absolute atomic E-state index is 0.476. The maximum Gasteiger partial charge on any atom is 0.186 e. The van der Waals surface area contributed by atoms with Crippen LogP contribution in [-0.2, 0) is 0 Å². The van der Waals surface area contributed by atoms with Gasteiger partial charge in [-0.05, 0) is 31.3 Å². The maximum atomic E-state index is 5.95. The molecule has 86 valence electrons. The molecule has 6 heteroatoms. The Kier molecular flexibility index (Phi) is 5.52. The molecule has 0 aromatic heterocycles. The summed E-state index contributed by atoms with van der Waals surface area (Å²) in [5.74, 6) is 0. The fourth-order valence-electron chi connectivity index (χ4n) is 0.967. The van der Waals surface area contributed by atoms with Crippen LogP contribution in [0.15, 0.2) is 23.3 Å². The third kappa shape index (κ3) is 4.35. The molecule has 0 bridgehead atoms. The van der Waals surface area contributed by atoms with Crippen molar-refractivity contribution >= 4 is 46.7 Å². The van der Waals surface area contributed by atoms with Gasteiger partial charge in [0.25, 0.3) is 0 Å². The first-order valence-electron chi connectivity index (χ1n) is 4.65. The molecule has 0 saturated heterocycles. The largest absolute Gasteiger partial charge is 0.362 e. The first-order valence-corrected chi connectivity index (χ1v) is 5.82. The Labute approximate surface area is 110 Å². The lowest BCUT2D eigenvalue weighted by Gasteiger charge is -2.03. The standard InChI is InChI=1S/C10H11Cl2N3S/c1-2-13-10(16)15-14-6-7-3-4-8(11)5-9(7)12/h3-6H,2H2,1H3,(H2,13,15,16). The van der Waals surface area contributed by atoms with Gasteiger partial charge in [0.15, 0.2) is 5.11 Å². The lowest BCUT2D eigenvalue weighted by molar-refractivity contribution is 0.904. The van der Waals surface area contributed by atoms with E-state index in [0.717, 1.165) is 12.1 Å². The topological polar surface area (TPSA) is 36.4 Å². The van der Waals surface area contributed by atoms with Crippen molar-refractivity contribution in [2.75, 3.05) is 6.54 Å². The summed E-state index contributed by atoms with van der Waals surface area (Å²) in [5, 5.41) is 8.47. The van der Waals surface area contributed by atoms with Crippen molar-refractivity contribution in [3.05, 3.63) is 33.8 Å². The molecule has 0 heterocycles. The Morgan fingerprint density at radius 1 is 1.50 bits per heavy atom. The monoisotopic (exact) mass is 275 g/mol. The summed E-state index contributed by atoms with van der Waals surface area (Å²) in [4.78, 5) is 0. The van der Waals surface area contributed by atoms with Gasteiger partial charge in [-0.15, -0.1) is 0 Å². The number of benzene rings is 1. The number of thiocarbonyl (C=S) groups is 1. The van der Waals surface area contributed by atoms with Crippen LogP contribution < -0.4 is 10.7 Å². The fraction of sp³-hybridized carbons (Fsp3) is 0.200. The van der Waals surface area contributed by atoms with Crippen LogP contribution in [0.1, 0.15) is 12.5 Å². The van der Waals surface area contributed by atoms with Crippen molar-refractivity contribution in [3.8, 4) is 0 Å². The molecule has 0 amide bonds. The predicted octanol–water partition coefficient (Wildman–Crippen LogP) is 2.81. The highest BCUT2D eigenvalue weighted by molar-refractivity contribution is 7.80. The van der Waals surface area contributed by atoms with E-state index >= 15 is 0 Å². The highest BCUT2D eigenvalue weighted by Crippen LogP contribution is 2.19. The molecule has 0 unspecified atom stereocenters. The van der Waals surface area contributed by atoms with Crippen LogP contribution in [0.4, 0.5) is 0 Å². The van der Waals surface area contributed by atoms with Crippen molar-refractivity contribution < 1.29 is 0 Å². The average molecular weight is 276 g/mol. The second-order valence-corrected chi connectivity index (χ2v) is 4.15. The molecule has 0 spiro atoms. The number of rotatable bonds is 3. The number of hydrogen-bond donors (Lipinski definition) is 2. The van der Waals surface area contributed by atoms with Crippen molar-refractivity contribution in [1.29, 1.82) is 0 Å². The Hall–Kier alpha value is -0.840. The molecule has 0 radical (unpaired) electrons. The number of halogens is 2. The molecule has 3 nitrogen and oxygen atoms in total. The Morgan fingerprint density at radius 3 is 2.88 bits per heavy atom. The molecular weight excluding hydrogens is 265 g/mol. The molecule has 1 aromatic carbocycles. The lowest BCUT2D eigenvalue weighted by atomic mass is 10.2. The quantitative estimate of drug-likeness (QED) is 0.506. The van der Waals surface area contributed by atoms with E-state index in [0.29, 0.717) is 15.2 Å². The first-order chi connectivity index (χ1) is 7.63. The van der Waals surface area contributed by atoms with Gasteiger partial charge in [0.05, 0.1) is 11.2 Å². The van der Waals surface area contributed by atoms with Gasteiger partial charge in [0.2, 0.25) is 0 Å². The van der Waals surface area contributed by atoms with Gasteiger partial charge in [0.1, 0.15) is 0 Å². The number of hydrazone groups is 1.